The van der Waals surface area contributed by atoms with Crippen LogP contribution in [0.3, 0.4) is 0 Å². The highest BCUT2D eigenvalue weighted by atomic mass is 16.7. The number of carbonyl (C=O) groups is 1. The van der Waals surface area contributed by atoms with Crippen LogP contribution in [-0.2, 0) is 27.5 Å². The van der Waals surface area contributed by atoms with Gasteiger partial charge in [0.1, 0.15) is 23.9 Å². The first-order chi connectivity index (χ1) is 14.0. The molecule has 1 aliphatic rings. The van der Waals surface area contributed by atoms with Crippen molar-refractivity contribution in [2.24, 2.45) is 0 Å². The molecule has 1 heterocycles. The average Bonchev–Trinajstić information content (AvgIpc) is 2.75. The van der Waals surface area contributed by atoms with E-state index in [1.165, 1.54) is 25.3 Å². The van der Waals surface area contributed by atoms with E-state index in [1.807, 2.05) is 0 Å². The number of nitro benzene ring substituents is 1. The molecular formula is C20H19NO8. The molecule has 1 aliphatic heterocycles. The van der Waals surface area contributed by atoms with E-state index in [1.54, 1.807) is 31.4 Å². The van der Waals surface area contributed by atoms with Crippen molar-refractivity contribution in [2.75, 3.05) is 21.0 Å². The second kappa shape index (κ2) is 9.07. The molecule has 0 aromatic heterocycles. The maximum absolute atomic E-state index is 12.1. The molecule has 2 aromatic rings. The Bertz CT molecular complexity index is 954. The number of non-ortho nitro benzene ring substituents is 1. The van der Waals surface area contributed by atoms with E-state index < -0.39 is 10.9 Å². The molecule has 0 unspecified atom stereocenters. The fourth-order valence-electron chi connectivity index (χ4n) is 2.80. The molecule has 2 aromatic carbocycles. The van der Waals surface area contributed by atoms with Crippen LogP contribution in [0.1, 0.15) is 16.7 Å². The van der Waals surface area contributed by atoms with E-state index in [2.05, 4.69) is 0 Å². The molecule has 0 atom stereocenters. The number of esters is 1. The number of benzene rings is 2. The normalized spacial score (nSPS) is 12.8. The monoisotopic (exact) mass is 401 g/mol. The van der Waals surface area contributed by atoms with Crippen LogP contribution in [0, 0.1) is 10.1 Å². The molecule has 9 nitrogen and oxygen atoms in total. The predicted octanol–water partition coefficient (Wildman–Crippen LogP) is 3.24. The van der Waals surface area contributed by atoms with Crippen LogP contribution in [0.15, 0.2) is 36.4 Å². The summed E-state index contributed by atoms with van der Waals surface area (Å²) in [6, 6.07) is 7.89. The molecule has 0 fully saturated rings. The molecule has 0 N–H and O–H groups in total. The second-order valence-electron chi connectivity index (χ2n) is 6.01. The van der Waals surface area contributed by atoms with Crippen molar-refractivity contribution in [1.82, 2.24) is 0 Å². The first kappa shape index (κ1) is 20.2. The van der Waals surface area contributed by atoms with E-state index in [0.717, 1.165) is 0 Å². The van der Waals surface area contributed by atoms with Gasteiger partial charge in [-0.05, 0) is 18.2 Å². The lowest BCUT2D eigenvalue weighted by Crippen LogP contribution is -2.14. The fraction of sp³-hybridized carbons (Fsp3) is 0.250. The number of hydrogen-bond donors (Lipinski definition) is 0. The lowest BCUT2D eigenvalue weighted by molar-refractivity contribution is -0.385. The Morgan fingerprint density at radius 1 is 1.24 bits per heavy atom. The maximum atomic E-state index is 12.1. The standard InChI is InChI=1S/C20H19NO8/c1-25-17-5-3-13(18(9-17)26-2)4-6-19(22)28-11-15-8-16(21(23)24)7-14-10-27-12-29-20(14)15/h3-9H,10-12H2,1-2H3. The SMILES string of the molecule is COc1ccc(C=CC(=O)OCc2cc([N+](=O)[O-])cc3c2OCOC3)c(OC)c1. The zero-order valence-corrected chi connectivity index (χ0v) is 15.9. The Hall–Kier alpha value is -3.59. The van der Waals surface area contributed by atoms with Crippen molar-refractivity contribution in [3.8, 4) is 17.2 Å². The van der Waals surface area contributed by atoms with Gasteiger partial charge in [0.15, 0.2) is 6.79 Å². The first-order valence-corrected chi connectivity index (χ1v) is 8.59. The Morgan fingerprint density at radius 2 is 2.07 bits per heavy atom. The van der Waals surface area contributed by atoms with E-state index in [-0.39, 0.29) is 25.7 Å². The predicted molar refractivity (Wildman–Crippen MR) is 102 cm³/mol. The van der Waals surface area contributed by atoms with Gasteiger partial charge in [-0.15, -0.1) is 0 Å². The minimum Gasteiger partial charge on any atom is -0.497 e. The highest BCUT2D eigenvalue weighted by Gasteiger charge is 2.21. The highest BCUT2D eigenvalue weighted by molar-refractivity contribution is 5.87. The van der Waals surface area contributed by atoms with Gasteiger partial charge in [0, 0.05) is 41.0 Å². The molecule has 0 saturated heterocycles. The van der Waals surface area contributed by atoms with Crippen molar-refractivity contribution in [1.29, 1.82) is 0 Å². The van der Waals surface area contributed by atoms with Crippen LogP contribution in [0.2, 0.25) is 0 Å². The summed E-state index contributed by atoms with van der Waals surface area (Å²) in [7, 11) is 3.06. The highest BCUT2D eigenvalue weighted by Crippen LogP contribution is 2.33. The first-order valence-electron chi connectivity index (χ1n) is 8.59. The molecule has 0 amide bonds. The number of hydrogen-bond acceptors (Lipinski definition) is 8. The van der Waals surface area contributed by atoms with Crippen LogP contribution in [0.25, 0.3) is 6.08 Å². The van der Waals surface area contributed by atoms with Crippen LogP contribution >= 0.6 is 0 Å². The molecule has 0 spiro atoms. The molecule has 0 bridgehead atoms. The summed E-state index contributed by atoms with van der Waals surface area (Å²) in [4.78, 5) is 22.7. The van der Waals surface area contributed by atoms with Gasteiger partial charge in [0.2, 0.25) is 0 Å². The van der Waals surface area contributed by atoms with Crippen molar-refractivity contribution in [3.05, 3.63) is 63.2 Å². The molecule has 3 rings (SSSR count). The van der Waals surface area contributed by atoms with Crippen LogP contribution < -0.4 is 14.2 Å². The lowest BCUT2D eigenvalue weighted by atomic mass is 10.1. The zero-order chi connectivity index (χ0) is 20.8. The third-order valence-electron chi connectivity index (χ3n) is 4.19. The maximum Gasteiger partial charge on any atom is 0.331 e. The zero-order valence-electron chi connectivity index (χ0n) is 15.9. The van der Waals surface area contributed by atoms with Gasteiger partial charge >= 0.3 is 5.97 Å². The van der Waals surface area contributed by atoms with Gasteiger partial charge in [-0.1, -0.05) is 0 Å². The number of nitro groups is 1. The minimum atomic E-state index is -0.616. The number of carbonyl (C=O) groups excluding carboxylic acids is 1. The van der Waals surface area contributed by atoms with Gasteiger partial charge < -0.3 is 23.7 Å². The van der Waals surface area contributed by atoms with Crippen LogP contribution in [0.4, 0.5) is 5.69 Å². The molecule has 0 radical (unpaired) electrons. The van der Waals surface area contributed by atoms with Crippen molar-refractivity contribution >= 4 is 17.7 Å². The topological polar surface area (TPSA) is 106 Å². The second-order valence-corrected chi connectivity index (χ2v) is 6.01. The molecule has 9 heteroatoms. The minimum absolute atomic E-state index is 0.0307. The van der Waals surface area contributed by atoms with Crippen molar-refractivity contribution in [3.63, 3.8) is 0 Å². The van der Waals surface area contributed by atoms with Crippen LogP contribution in [-0.4, -0.2) is 31.9 Å². The lowest BCUT2D eigenvalue weighted by Gasteiger charge is -2.20. The molecule has 152 valence electrons. The van der Waals surface area contributed by atoms with E-state index >= 15 is 0 Å². The van der Waals surface area contributed by atoms with Crippen LogP contribution in [0.5, 0.6) is 17.2 Å². The van der Waals surface area contributed by atoms with E-state index in [9.17, 15) is 14.9 Å². The summed E-state index contributed by atoms with van der Waals surface area (Å²) >= 11 is 0. The Balaban J connectivity index is 1.72. The quantitative estimate of drug-likeness (QED) is 0.301. The molecule has 0 saturated carbocycles. The molecule has 29 heavy (non-hydrogen) atoms. The summed E-state index contributed by atoms with van der Waals surface area (Å²) in [5.74, 6) is 0.987. The Kier molecular flexibility index (Phi) is 6.30. The average molecular weight is 401 g/mol. The number of rotatable bonds is 7. The summed E-state index contributed by atoms with van der Waals surface area (Å²) in [5, 5.41) is 11.1. The van der Waals surface area contributed by atoms with E-state index in [0.29, 0.717) is 33.9 Å². The van der Waals surface area contributed by atoms with Gasteiger partial charge in [0.05, 0.1) is 25.7 Å². The molecule has 0 aliphatic carbocycles. The number of fused-ring (bicyclic) bond motifs is 1. The summed E-state index contributed by atoms with van der Waals surface area (Å²) in [5.41, 5.74) is 1.48. The third kappa shape index (κ3) is 4.82. The van der Waals surface area contributed by atoms with Crippen molar-refractivity contribution < 1.29 is 33.4 Å². The van der Waals surface area contributed by atoms with Gasteiger partial charge in [-0.2, -0.15) is 0 Å². The van der Waals surface area contributed by atoms with E-state index in [4.69, 9.17) is 23.7 Å². The Labute approximate surface area is 166 Å². The third-order valence-corrected chi connectivity index (χ3v) is 4.19. The van der Waals surface area contributed by atoms with Gasteiger partial charge in [-0.25, -0.2) is 4.79 Å². The summed E-state index contributed by atoms with van der Waals surface area (Å²) < 4.78 is 26.2. The molecular weight excluding hydrogens is 382 g/mol. The summed E-state index contributed by atoms with van der Waals surface area (Å²) in [6.07, 6.45) is 2.80. The van der Waals surface area contributed by atoms with Gasteiger partial charge in [-0.3, -0.25) is 10.1 Å². The smallest absolute Gasteiger partial charge is 0.331 e. The Morgan fingerprint density at radius 3 is 2.79 bits per heavy atom. The fourth-order valence-corrected chi connectivity index (χ4v) is 2.80. The van der Waals surface area contributed by atoms with Gasteiger partial charge in [0.25, 0.3) is 5.69 Å². The van der Waals surface area contributed by atoms with Crippen molar-refractivity contribution in [2.45, 2.75) is 13.2 Å². The number of nitrogens with zero attached hydrogens (tertiary/aromatic N) is 1. The number of methoxy groups -OCH3 is 2. The summed E-state index contributed by atoms with van der Waals surface area (Å²) in [6.45, 7) is 0.0466. The number of ether oxygens (including phenoxy) is 5. The largest absolute Gasteiger partial charge is 0.497 e.